The zero-order valence-electron chi connectivity index (χ0n) is 12.4. The molecular weight excluding hydrogens is 269 g/mol. The van der Waals surface area contributed by atoms with Crippen LogP contribution in [0.5, 0.6) is 11.5 Å². The van der Waals surface area contributed by atoms with E-state index in [4.69, 9.17) is 9.47 Å². The van der Waals surface area contributed by atoms with E-state index in [1.165, 1.54) is 13.2 Å². The Morgan fingerprint density at radius 1 is 1.14 bits per heavy atom. The number of nitrogens with one attached hydrogen (secondary N) is 1. The molecule has 3 nitrogen and oxygen atoms in total. The van der Waals surface area contributed by atoms with Gasteiger partial charge in [0.2, 0.25) is 0 Å². The molecule has 0 atom stereocenters. The molecular formula is C17H20FNO2. The maximum atomic E-state index is 13.3. The fourth-order valence-corrected chi connectivity index (χ4v) is 1.94. The highest BCUT2D eigenvalue weighted by molar-refractivity contribution is 5.49. The second-order valence-electron chi connectivity index (χ2n) is 4.70. The number of methoxy groups -OCH3 is 1. The lowest BCUT2D eigenvalue weighted by Gasteiger charge is -2.10. The smallest absolute Gasteiger partial charge is 0.165 e. The first-order valence-corrected chi connectivity index (χ1v) is 7.02. The van der Waals surface area contributed by atoms with Crippen LogP contribution in [0.2, 0.25) is 0 Å². The fourth-order valence-electron chi connectivity index (χ4n) is 1.94. The first-order valence-electron chi connectivity index (χ1n) is 7.02. The molecule has 0 aliphatic carbocycles. The van der Waals surface area contributed by atoms with Gasteiger partial charge in [-0.1, -0.05) is 19.1 Å². The highest BCUT2D eigenvalue weighted by atomic mass is 19.1. The number of ether oxygens (including phenoxy) is 2. The molecule has 4 heteroatoms. The minimum Gasteiger partial charge on any atom is -0.494 e. The van der Waals surface area contributed by atoms with Crippen molar-refractivity contribution in [3.05, 3.63) is 53.8 Å². The molecule has 0 spiro atoms. The zero-order valence-corrected chi connectivity index (χ0v) is 12.4. The van der Waals surface area contributed by atoms with E-state index in [0.717, 1.165) is 23.4 Å². The topological polar surface area (TPSA) is 30.5 Å². The van der Waals surface area contributed by atoms with Crippen LogP contribution in [-0.4, -0.2) is 13.7 Å². The van der Waals surface area contributed by atoms with Crippen LogP contribution in [-0.2, 0) is 6.54 Å². The Bertz CT molecular complexity index is 587. The van der Waals surface area contributed by atoms with Crippen molar-refractivity contribution in [2.24, 2.45) is 0 Å². The number of benzene rings is 2. The fraction of sp³-hybridized carbons (Fsp3) is 0.294. The van der Waals surface area contributed by atoms with Crippen LogP contribution < -0.4 is 14.8 Å². The van der Waals surface area contributed by atoms with Crippen LogP contribution in [0.1, 0.15) is 18.9 Å². The molecule has 21 heavy (non-hydrogen) atoms. The summed E-state index contributed by atoms with van der Waals surface area (Å²) in [6.07, 6.45) is 0.984. The maximum absolute atomic E-state index is 13.3. The van der Waals surface area contributed by atoms with Crippen LogP contribution in [0.25, 0.3) is 0 Å². The molecule has 0 heterocycles. The van der Waals surface area contributed by atoms with Crippen LogP contribution >= 0.6 is 0 Å². The van der Waals surface area contributed by atoms with Crippen molar-refractivity contribution < 1.29 is 13.9 Å². The molecule has 2 rings (SSSR count). The average Bonchev–Trinajstić information content (AvgIpc) is 2.52. The molecule has 0 aromatic heterocycles. The summed E-state index contributed by atoms with van der Waals surface area (Å²) < 4.78 is 23.9. The number of hydrogen-bond acceptors (Lipinski definition) is 3. The van der Waals surface area contributed by atoms with Gasteiger partial charge >= 0.3 is 0 Å². The van der Waals surface area contributed by atoms with Gasteiger partial charge in [-0.15, -0.1) is 0 Å². The molecule has 2 aromatic rings. The summed E-state index contributed by atoms with van der Waals surface area (Å²) in [7, 11) is 1.46. The predicted molar refractivity (Wildman–Crippen MR) is 82.5 cm³/mol. The van der Waals surface area contributed by atoms with Gasteiger partial charge in [0.25, 0.3) is 0 Å². The predicted octanol–water partition coefficient (Wildman–Crippen LogP) is 4.24. The van der Waals surface area contributed by atoms with Gasteiger partial charge in [-0.25, -0.2) is 4.39 Å². The Morgan fingerprint density at radius 2 is 2.00 bits per heavy atom. The quantitative estimate of drug-likeness (QED) is 0.827. The standard InChI is InChI=1S/C17H20FNO2/c1-3-9-21-15-6-4-5-13(10-15)12-19-14-7-8-16(18)17(11-14)20-2/h4-8,10-11,19H,3,9,12H2,1-2H3. The second-order valence-corrected chi connectivity index (χ2v) is 4.70. The third-order valence-corrected chi connectivity index (χ3v) is 3.02. The molecule has 0 unspecified atom stereocenters. The number of halogens is 1. The van der Waals surface area contributed by atoms with Gasteiger partial charge in [0.05, 0.1) is 13.7 Å². The summed E-state index contributed by atoms with van der Waals surface area (Å²) in [5, 5.41) is 3.24. The van der Waals surface area contributed by atoms with E-state index in [2.05, 4.69) is 12.2 Å². The SMILES string of the molecule is CCCOc1cccc(CNc2ccc(F)c(OC)c2)c1. The van der Waals surface area contributed by atoms with Crippen molar-refractivity contribution in [3.63, 3.8) is 0 Å². The summed E-state index contributed by atoms with van der Waals surface area (Å²) in [5.74, 6) is 0.742. The van der Waals surface area contributed by atoms with Gasteiger partial charge in [0.1, 0.15) is 5.75 Å². The van der Waals surface area contributed by atoms with Crippen molar-refractivity contribution in [1.29, 1.82) is 0 Å². The van der Waals surface area contributed by atoms with Crippen LogP contribution in [0, 0.1) is 5.82 Å². The second kappa shape index (κ2) is 7.53. The van der Waals surface area contributed by atoms with E-state index < -0.39 is 0 Å². The largest absolute Gasteiger partial charge is 0.494 e. The van der Waals surface area contributed by atoms with Gasteiger partial charge in [0.15, 0.2) is 11.6 Å². The van der Waals surface area contributed by atoms with Crippen LogP contribution in [0.4, 0.5) is 10.1 Å². The van der Waals surface area contributed by atoms with Gasteiger partial charge in [0, 0.05) is 18.3 Å². The van der Waals surface area contributed by atoms with Crippen molar-refractivity contribution in [2.45, 2.75) is 19.9 Å². The van der Waals surface area contributed by atoms with Crippen LogP contribution in [0.3, 0.4) is 0 Å². The molecule has 0 amide bonds. The normalized spacial score (nSPS) is 10.2. The van der Waals surface area contributed by atoms with Gasteiger partial charge in [-0.3, -0.25) is 0 Å². The Kier molecular flexibility index (Phi) is 5.43. The lowest BCUT2D eigenvalue weighted by atomic mass is 10.2. The summed E-state index contributed by atoms with van der Waals surface area (Å²) in [5.41, 5.74) is 1.92. The molecule has 0 saturated carbocycles. The minimum absolute atomic E-state index is 0.236. The molecule has 0 fully saturated rings. The third-order valence-electron chi connectivity index (χ3n) is 3.02. The molecule has 0 radical (unpaired) electrons. The average molecular weight is 289 g/mol. The van der Waals surface area contributed by atoms with Gasteiger partial charge < -0.3 is 14.8 Å². The lowest BCUT2D eigenvalue weighted by Crippen LogP contribution is -2.01. The van der Waals surface area contributed by atoms with Gasteiger partial charge in [-0.2, -0.15) is 0 Å². The number of anilines is 1. The molecule has 112 valence electrons. The van der Waals surface area contributed by atoms with E-state index in [1.807, 2.05) is 24.3 Å². The highest BCUT2D eigenvalue weighted by Gasteiger charge is 2.03. The summed E-state index contributed by atoms with van der Waals surface area (Å²) in [4.78, 5) is 0. The monoisotopic (exact) mass is 289 g/mol. The highest BCUT2D eigenvalue weighted by Crippen LogP contribution is 2.22. The van der Waals surface area contributed by atoms with E-state index >= 15 is 0 Å². The van der Waals surface area contributed by atoms with Crippen molar-refractivity contribution in [3.8, 4) is 11.5 Å². The van der Waals surface area contributed by atoms with Crippen LogP contribution in [0.15, 0.2) is 42.5 Å². The lowest BCUT2D eigenvalue weighted by molar-refractivity contribution is 0.317. The molecule has 0 aliphatic heterocycles. The van der Waals surface area contributed by atoms with Gasteiger partial charge in [-0.05, 0) is 36.2 Å². The molecule has 1 N–H and O–H groups in total. The number of rotatable bonds is 7. The van der Waals surface area contributed by atoms with E-state index in [1.54, 1.807) is 12.1 Å². The molecule has 0 bridgehead atoms. The first-order chi connectivity index (χ1) is 10.2. The number of hydrogen-bond donors (Lipinski definition) is 1. The van der Waals surface area contributed by atoms with Crippen molar-refractivity contribution in [2.75, 3.05) is 19.0 Å². The van der Waals surface area contributed by atoms with E-state index in [-0.39, 0.29) is 11.6 Å². The molecule has 0 saturated heterocycles. The summed E-state index contributed by atoms with van der Waals surface area (Å²) in [6.45, 7) is 3.43. The summed E-state index contributed by atoms with van der Waals surface area (Å²) >= 11 is 0. The van der Waals surface area contributed by atoms with Crippen molar-refractivity contribution >= 4 is 5.69 Å². The van der Waals surface area contributed by atoms with E-state index in [9.17, 15) is 4.39 Å². The first kappa shape index (κ1) is 15.2. The third kappa shape index (κ3) is 4.38. The Balaban J connectivity index is 1.99. The Morgan fingerprint density at radius 3 is 2.76 bits per heavy atom. The summed E-state index contributed by atoms with van der Waals surface area (Å²) in [6, 6.07) is 12.7. The Labute approximate surface area is 124 Å². The Hall–Kier alpha value is -2.23. The maximum Gasteiger partial charge on any atom is 0.165 e. The molecule has 0 aliphatic rings. The zero-order chi connectivity index (χ0) is 15.1. The molecule has 2 aromatic carbocycles. The van der Waals surface area contributed by atoms with E-state index in [0.29, 0.717) is 13.2 Å². The van der Waals surface area contributed by atoms with Crippen molar-refractivity contribution in [1.82, 2.24) is 0 Å². The minimum atomic E-state index is -0.363.